The van der Waals surface area contributed by atoms with E-state index in [9.17, 15) is 13.2 Å². The molecule has 0 atom stereocenters. The molecule has 0 aromatic carbocycles. The molecule has 0 saturated heterocycles. The fourth-order valence-electron chi connectivity index (χ4n) is 2.05. The average Bonchev–Trinajstić information content (AvgIpc) is 2.60. The highest BCUT2D eigenvalue weighted by molar-refractivity contribution is 7.88. The molecule has 0 bridgehead atoms. The van der Waals surface area contributed by atoms with Crippen LogP contribution in [0.5, 0.6) is 0 Å². The third-order valence-corrected chi connectivity index (χ3v) is 4.67. The smallest absolute Gasteiger partial charge is 0.310 e. The van der Waals surface area contributed by atoms with Crippen molar-refractivity contribution in [2.24, 2.45) is 5.41 Å². The number of nitrogens with one attached hydrogen (secondary N) is 1. The Morgan fingerprint density at radius 2 is 2.26 bits per heavy atom. The summed E-state index contributed by atoms with van der Waals surface area (Å²) in [6.07, 6.45) is 1.83. The Kier molecular flexibility index (Phi) is 3.64. The van der Waals surface area contributed by atoms with E-state index in [0.29, 0.717) is 24.3 Å². The number of aryl methyl sites for hydroxylation is 1. The highest BCUT2D eigenvalue weighted by Gasteiger charge is 2.44. The summed E-state index contributed by atoms with van der Waals surface area (Å²) in [6, 6.07) is 1.54. The predicted octanol–water partition coefficient (Wildman–Crippen LogP) is 0.657. The van der Waals surface area contributed by atoms with Gasteiger partial charge in [-0.15, -0.1) is 0 Å². The zero-order valence-corrected chi connectivity index (χ0v) is 11.4. The van der Waals surface area contributed by atoms with Gasteiger partial charge >= 0.3 is 5.97 Å². The van der Waals surface area contributed by atoms with Gasteiger partial charge in [-0.1, -0.05) is 11.6 Å². The maximum Gasteiger partial charge on any atom is 0.310 e. The van der Waals surface area contributed by atoms with E-state index in [0.717, 1.165) is 6.42 Å². The first kappa shape index (κ1) is 14.0. The number of carboxylic acid groups (broad SMARTS) is 1. The highest BCUT2D eigenvalue weighted by atomic mass is 32.2. The van der Waals surface area contributed by atoms with Crippen LogP contribution in [0, 0.1) is 12.3 Å². The minimum atomic E-state index is -3.60. The Morgan fingerprint density at radius 1 is 1.58 bits per heavy atom. The van der Waals surface area contributed by atoms with Gasteiger partial charge in [0.1, 0.15) is 17.2 Å². The number of aliphatic carboxylic acids is 1. The molecule has 0 unspecified atom stereocenters. The van der Waals surface area contributed by atoms with Gasteiger partial charge in [0.05, 0.1) is 5.41 Å². The monoisotopic (exact) mass is 288 g/mol. The summed E-state index contributed by atoms with van der Waals surface area (Å²) in [6.45, 7) is 1.60. The zero-order valence-electron chi connectivity index (χ0n) is 10.5. The van der Waals surface area contributed by atoms with Crippen molar-refractivity contribution in [3.8, 4) is 0 Å². The molecule has 2 N–H and O–H groups in total. The lowest BCUT2D eigenvalue weighted by Gasteiger charge is -2.37. The molecule has 1 aromatic heterocycles. The molecule has 1 aliphatic carbocycles. The molecular weight excluding hydrogens is 272 g/mol. The number of hydrogen-bond donors (Lipinski definition) is 2. The van der Waals surface area contributed by atoms with Crippen LogP contribution in [-0.4, -0.2) is 31.2 Å². The van der Waals surface area contributed by atoms with Gasteiger partial charge in [-0.25, -0.2) is 13.1 Å². The lowest BCUT2D eigenvalue weighted by Crippen LogP contribution is -2.47. The molecule has 1 heterocycles. The average molecular weight is 288 g/mol. The summed E-state index contributed by atoms with van der Waals surface area (Å²) < 4.78 is 30.8. The Bertz CT molecular complexity index is 574. The van der Waals surface area contributed by atoms with E-state index in [2.05, 4.69) is 9.88 Å². The maximum absolute atomic E-state index is 11.8. The summed E-state index contributed by atoms with van der Waals surface area (Å²) in [4.78, 5) is 11.1. The minimum Gasteiger partial charge on any atom is -0.481 e. The van der Waals surface area contributed by atoms with Gasteiger partial charge in [0.15, 0.2) is 0 Å². The van der Waals surface area contributed by atoms with E-state index < -0.39 is 21.4 Å². The summed E-state index contributed by atoms with van der Waals surface area (Å²) >= 11 is 0. The van der Waals surface area contributed by atoms with E-state index in [-0.39, 0.29) is 12.3 Å². The van der Waals surface area contributed by atoms with E-state index in [4.69, 9.17) is 9.63 Å². The largest absolute Gasteiger partial charge is 0.481 e. The lowest BCUT2D eigenvalue weighted by atomic mass is 9.69. The second-order valence-electron chi connectivity index (χ2n) is 4.95. The van der Waals surface area contributed by atoms with Crippen molar-refractivity contribution in [2.75, 3.05) is 6.54 Å². The zero-order chi connectivity index (χ0) is 14.1. The minimum absolute atomic E-state index is 0.0680. The Balaban J connectivity index is 1.96. The topological polar surface area (TPSA) is 110 Å². The molecule has 0 radical (unpaired) electrons. The number of rotatable bonds is 6. The van der Waals surface area contributed by atoms with Gasteiger partial charge < -0.3 is 9.63 Å². The molecule has 19 heavy (non-hydrogen) atoms. The molecule has 0 spiro atoms. The Hall–Kier alpha value is -1.41. The third-order valence-electron chi connectivity index (χ3n) is 3.41. The second kappa shape index (κ2) is 4.93. The number of sulfonamides is 1. The summed E-state index contributed by atoms with van der Waals surface area (Å²) in [5, 5.41) is 12.7. The summed E-state index contributed by atoms with van der Waals surface area (Å²) in [5.74, 6) is -0.718. The van der Waals surface area contributed by atoms with Crippen LogP contribution in [0.1, 0.15) is 30.7 Å². The first-order valence-electron chi connectivity index (χ1n) is 5.96. The number of aromatic nitrogens is 1. The van der Waals surface area contributed by atoms with E-state index in [1.165, 1.54) is 6.07 Å². The molecule has 1 aliphatic rings. The van der Waals surface area contributed by atoms with E-state index >= 15 is 0 Å². The Labute approximate surface area is 111 Å². The first-order chi connectivity index (χ1) is 8.83. The fourth-order valence-corrected chi connectivity index (χ4v) is 3.17. The van der Waals surface area contributed by atoms with Crippen LogP contribution in [0.25, 0.3) is 0 Å². The van der Waals surface area contributed by atoms with Crippen LogP contribution in [0.15, 0.2) is 10.6 Å². The van der Waals surface area contributed by atoms with Crippen LogP contribution in [-0.2, 0) is 20.6 Å². The molecule has 0 amide bonds. The number of hydrogen-bond acceptors (Lipinski definition) is 5. The van der Waals surface area contributed by atoms with Crippen molar-refractivity contribution in [1.29, 1.82) is 0 Å². The number of carboxylic acids is 1. The van der Waals surface area contributed by atoms with Gasteiger partial charge in [-0.05, 0) is 19.8 Å². The molecule has 2 rings (SSSR count). The van der Waals surface area contributed by atoms with Crippen molar-refractivity contribution >= 4 is 16.0 Å². The van der Waals surface area contributed by atoms with Gasteiger partial charge in [-0.2, -0.15) is 0 Å². The molecule has 0 aliphatic heterocycles. The summed E-state index contributed by atoms with van der Waals surface area (Å²) in [5.41, 5.74) is -0.629. The van der Waals surface area contributed by atoms with Gasteiger partial charge in [0, 0.05) is 12.6 Å². The third kappa shape index (κ3) is 3.13. The normalized spacial score (nSPS) is 17.9. The van der Waals surface area contributed by atoms with Gasteiger partial charge in [0.2, 0.25) is 10.0 Å². The SMILES string of the molecule is Cc1cc(CS(=O)(=O)NCC2(C(=O)O)CCC2)no1. The predicted molar refractivity (Wildman–Crippen MR) is 65.8 cm³/mol. The molecule has 106 valence electrons. The highest BCUT2D eigenvalue weighted by Crippen LogP contribution is 2.40. The first-order valence-corrected chi connectivity index (χ1v) is 7.61. The van der Waals surface area contributed by atoms with Crippen LogP contribution >= 0.6 is 0 Å². The van der Waals surface area contributed by atoms with Crippen molar-refractivity contribution in [3.05, 3.63) is 17.5 Å². The second-order valence-corrected chi connectivity index (χ2v) is 6.75. The lowest BCUT2D eigenvalue weighted by molar-refractivity contribution is -0.153. The molecular formula is C11H16N2O5S. The van der Waals surface area contributed by atoms with Crippen LogP contribution in [0.4, 0.5) is 0 Å². The molecule has 7 nitrogen and oxygen atoms in total. The molecule has 1 fully saturated rings. The standard InChI is InChI=1S/C11H16N2O5S/c1-8-5-9(13-18-8)6-19(16,17)12-7-11(10(14)15)3-2-4-11/h5,12H,2-4,6-7H2,1H3,(H,14,15). The quantitative estimate of drug-likeness (QED) is 0.795. The van der Waals surface area contributed by atoms with Crippen molar-refractivity contribution in [3.63, 3.8) is 0 Å². The van der Waals surface area contributed by atoms with Crippen LogP contribution in [0.3, 0.4) is 0 Å². The fraction of sp³-hybridized carbons (Fsp3) is 0.636. The van der Waals surface area contributed by atoms with Crippen molar-refractivity contribution in [2.45, 2.75) is 31.9 Å². The molecule has 1 saturated carbocycles. The summed E-state index contributed by atoms with van der Waals surface area (Å²) in [7, 11) is -3.60. The van der Waals surface area contributed by atoms with E-state index in [1.54, 1.807) is 6.92 Å². The van der Waals surface area contributed by atoms with Gasteiger partial charge in [-0.3, -0.25) is 4.79 Å². The van der Waals surface area contributed by atoms with Gasteiger partial charge in [0.25, 0.3) is 0 Å². The molecule has 8 heteroatoms. The van der Waals surface area contributed by atoms with E-state index in [1.807, 2.05) is 0 Å². The Morgan fingerprint density at radius 3 is 2.68 bits per heavy atom. The van der Waals surface area contributed by atoms with Crippen LogP contribution in [0.2, 0.25) is 0 Å². The van der Waals surface area contributed by atoms with Crippen LogP contribution < -0.4 is 4.72 Å². The van der Waals surface area contributed by atoms with Crippen molar-refractivity contribution in [1.82, 2.24) is 9.88 Å². The molecule has 1 aromatic rings. The number of carbonyl (C=O) groups is 1. The van der Waals surface area contributed by atoms with Crippen molar-refractivity contribution < 1.29 is 22.8 Å². The number of nitrogens with zero attached hydrogens (tertiary/aromatic N) is 1. The maximum atomic E-state index is 11.8.